The number of amides is 1. The Morgan fingerprint density at radius 3 is 2.38 bits per heavy atom. The molecule has 0 aromatic heterocycles. The van der Waals surface area contributed by atoms with Gasteiger partial charge >= 0.3 is 0 Å². The number of carbonyl (C=O) groups is 3. The number of Topliss-reactive ketones (excluding diaryl/α,β-unsaturated/α-hetero) is 2. The summed E-state index contributed by atoms with van der Waals surface area (Å²) in [6, 6.07) is 15.6. The minimum absolute atomic E-state index is 0.0780. The highest BCUT2D eigenvalue weighted by Crippen LogP contribution is 2.53. The standard InChI is InChI=1S/C33H32N2O7/c1-15(2)35-14-16-7-8-21(20-6-4-3-5-19(16)20)22-9-10-24(36)27-23(22)12-17-11-18-13-25(37)28(32(34)41)31(40)33(18,42)30(39)26(17)29(27)38/h3-10,15,17-18,35-36,38,40,42H,11-14H2,1-2H3,(H2,34,41). The first-order valence-electron chi connectivity index (χ1n) is 14.0. The fraction of sp³-hybridized carbons (Fsp3) is 0.303. The van der Waals surface area contributed by atoms with Gasteiger partial charge in [-0.05, 0) is 57.9 Å². The van der Waals surface area contributed by atoms with E-state index in [1.807, 2.05) is 24.3 Å². The highest BCUT2D eigenvalue weighted by molar-refractivity contribution is 6.22. The number of nitrogens with one attached hydrogen (secondary N) is 1. The van der Waals surface area contributed by atoms with Crippen LogP contribution in [0.4, 0.5) is 0 Å². The highest BCUT2D eigenvalue weighted by atomic mass is 16.3. The molecule has 3 aliphatic carbocycles. The van der Waals surface area contributed by atoms with Crippen molar-refractivity contribution in [3.8, 4) is 16.9 Å². The van der Waals surface area contributed by atoms with Crippen molar-refractivity contribution in [3.05, 3.63) is 82.1 Å². The van der Waals surface area contributed by atoms with E-state index in [-0.39, 0.29) is 36.1 Å². The van der Waals surface area contributed by atoms with Gasteiger partial charge in [0.15, 0.2) is 11.4 Å². The number of phenolic OH excluding ortho intramolecular Hbond substituents is 1. The maximum atomic E-state index is 13.8. The minimum atomic E-state index is -2.58. The third kappa shape index (κ3) is 3.95. The van der Waals surface area contributed by atoms with E-state index in [9.17, 15) is 34.8 Å². The molecule has 7 N–H and O–H groups in total. The van der Waals surface area contributed by atoms with Crippen LogP contribution in [0, 0.1) is 11.8 Å². The predicted molar refractivity (Wildman–Crippen MR) is 156 cm³/mol. The molecule has 42 heavy (non-hydrogen) atoms. The number of aliphatic hydroxyl groups is 3. The van der Waals surface area contributed by atoms with Gasteiger partial charge in [0.25, 0.3) is 5.91 Å². The smallest absolute Gasteiger partial charge is 0.255 e. The number of hydrogen-bond donors (Lipinski definition) is 6. The van der Waals surface area contributed by atoms with E-state index in [0.29, 0.717) is 18.2 Å². The molecule has 0 saturated heterocycles. The summed E-state index contributed by atoms with van der Waals surface area (Å²) >= 11 is 0. The molecule has 0 heterocycles. The van der Waals surface area contributed by atoms with Gasteiger partial charge in [0, 0.05) is 30.5 Å². The molecule has 0 bridgehead atoms. The van der Waals surface area contributed by atoms with Crippen molar-refractivity contribution in [1.29, 1.82) is 0 Å². The zero-order valence-electron chi connectivity index (χ0n) is 23.3. The number of ketones is 2. The first kappa shape index (κ1) is 27.7. The van der Waals surface area contributed by atoms with E-state index >= 15 is 0 Å². The summed E-state index contributed by atoms with van der Waals surface area (Å²) in [5, 5.41) is 50.2. The lowest BCUT2D eigenvalue weighted by atomic mass is 9.59. The average Bonchev–Trinajstić information content (AvgIpc) is 2.93. The summed E-state index contributed by atoms with van der Waals surface area (Å²) in [6.07, 6.45) is -0.0347. The maximum absolute atomic E-state index is 13.8. The molecule has 0 radical (unpaired) electrons. The number of carbonyl (C=O) groups excluding carboxylic acids is 3. The summed E-state index contributed by atoms with van der Waals surface area (Å²) in [6.45, 7) is 4.86. The number of hydrogen-bond acceptors (Lipinski definition) is 8. The number of primary amides is 1. The van der Waals surface area contributed by atoms with Crippen LogP contribution in [-0.4, -0.2) is 49.5 Å². The average molecular weight is 569 g/mol. The van der Waals surface area contributed by atoms with Crippen molar-refractivity contribution in [3.63, 3.8) is 0 Å². The summed E-state index contributed by atoms with van der Waals surface area (Å²) < 4.78 is 0. The van der Waals surface area contributed by atoms with Crippen LogP contribution in [0.15, 0.2) is 65.4 Å². The van der Waals surface area contributed by atoms with Crippen LogP contribution in [0.25, 0.3) is 27.7 Å². The molecule has 0 spiro atoms. The molecule has 216 valence electrons. The van der Waals surface area contributed by atoms with Crippen LogP contribution in [0.1, 0.15) is 43.4 Å². The van der Waals surface area contributed by atoms with E-state index in [4.69, 9.17) is 5.73 Å². The molecule has 3 aliphatic rings. The first-order valence-corrected chi connectivity index (χ1v) is 14.0. The van der Waals surface area contributed by atoms with E-state index in [1.54, 1.807) is 6.07 Å². The second kappa shape index (κ2) is 9.82. The Morgan fingerprint density at radius 2 is 1.69 bits per heavy atom. The van der Waals surface area contributed by atoms with E-state index in [0.717, 1.165) is 27.5 Å². The number of aromatic hydroxyl groups is 1. The van der Waals surface area contributed by atoms with Gasteiger partial charge in [-0.15, -0.1) is 0 Å². The molecule has 6 rings (SSSR count). The van der Waals surface area contributed by atoms with Crippen LogP contribution >= 0.6 is 0 Å². The molecule has 9 heteroatoms. The number of phenols is 1. The fourth-order valence-corrected chi connectivity index (χ4v) is 6.94. The Labute approximate surface area is 242 Å². The lowest BCUT2D eigenvalue weighted by molar-refractivity contribution is -0.147. The van der Waals surface area contributed by atoms with Crippen LogP contribution < -0.4 is 11.1 Å². The largest absolute Gasteiger partial charge is 0.508 e. The second-order valence-corrected chi connectivity index (χ2v) is 11.7. The Hall–Kier alpha value is -4.47. The predicted octanol–water partition coefficient (Wildman–Crippen LogP) is 3.74. The Morgan fingerprint density at radius 1 is 1.00 bits per heavy atom. The van der Waals surface area contributed by atoms with Gasteiger partial charge in [-0.25, -0.2) is 0 Å². The van der Waals surface area contributed by atoms with E-state index in [1.165, 1.54) is 6.07 Å². The molecule has 3 atom stereocenters. The molecule has 9 nitrogen and oxygen atoms in total. The van der Waals surface area contributed by atoms with Crippen LogP contribution in [0.2, 0.25) is 0 Å². The van der Waals surface area contributed by atoms with Crippen molar-refractivity contribution in [2.45, 2.75) is 51.3 Å². The number of fused-ring (bicyclic) bond motifs is 4. The van der Waals surface area contributed by atoms with Crippen molar-refractivity contribution in [2.75, 3.05) is 0 Å². The minimum Gasteiger partial charge on any atom is -0.508 e. The number of rotatable bonds is 5. The molecule has 0 aliphatic heterocycles. The van der Waals surface area contributed by atoms with Crippen molar-refractivity contribution in [2.24, 2.45) is 17.6 Å². The van der Waals surface area contributed by atoms with Crippen molar-refractivity contribution < 1.29 is 34.8 Å². The highest BCUT2D eigenvalue weighted by Gasteiger charge is 2.60. The molecule has 1 fully saturated rings. The molecule has 1 amide bonds. The van der Waals surface area contributed by atoms with Gasteiger partial charge in [-0.3, -0.25) is 14.4 Å². The molecular weight excluding hydrogens is 536 g/mol. The zero-order chi connectivity index (χ0) is 30.1. The third-order valence-corrected chi connectivity index (χ3v) is 8.95. The van der Waals surface area contributed by atoms with Gasteiger partial charge in [0.05, 0.1) is 5.56 Å². The molecule has 3 aromatic rings. The van der Waals surface area contributed by atoms with Gasteiger partial charge < -0.3 is 31.5 Å². The normalized spacial score (nSPS) is 23.7. The molecule has 3 aromatic carbocycles. The molecular formula is C33H32N2O7. The third-order valence-electron chi connectivity index (χ3n) is 8.95. The lowest BCUT2D eigenvalue weighted by Gasteiger charge is -2.46. The monoisotopic (exact) mass is 568 g/mol. The number of aliphatic hydroxyl groups excluding tert-OH is 2. The second-order valence-electron chi connectivity index (χ2n) is 11.7. The molecule has 1 saturated carbocycles. The number of nitrogens with two attached hydrogens (primary N) is 1. The molecule has 3 unspecified atom stereocenters. The van der Waals surface area contributed by atoms with Gasteiger partial charge in [-0.1, -0.05) is 56.3 Å². The number of benzene rings is 3. The Balaban J connectivity index is 1.52. The van der Waals surface area contributed by atoms with E-state index < -0.39 is 52.0 Å². The van der Waals surface area contributed by atoms with Crippen molar-refractivity contribution >= 4 is 34.0 Å². The topological polar surface area (TPSA) is 170 Å². The van der Waals surface area contributed by atoms with Crippen LogP contribution in [0.3, 0.4) is 0 Å². The van der Waals surface area contributed by atoms with Gasteiger partial charge in [-0.2, -0.15) is 0 Å². The van der Waals surface area contributed by atoms with E-state index in [2.05, 4.69) is 31.3 Å². The first-order chi connectivity index (χ1) is 19.9. The lowest BCUT2D eigenvalue weighted by Crippen LogP contribution is -2.58. The summed E-state index contributed by atoms with van der Waals surface area (Å²) in [4.78, 5) is 38.3. The SMILES string of the molecule is CC(C)NCc1ccc(-c2ccc(O)c3c2CC2CC4CC(=O)C(C(N)=O)=C(O)C4(O)C(=O)C2=C3O)c2ccccc12. The van der Waals surface area contributed by atoms with Gasteiger partial charge in [0.1, 0.15) is 22.8 Å². The summed E-state index contributed by atoms with van der Waals surface area (Å²) in [7, 11) is 0. The van der Waals surface area contributed by atoms with Crippen molar-refractivity contribution in [1.82, 2.24) is 5.32 Å². The Kier molecular flexibility index (Phi) is 6.47. The maximum Gasteiger partial charge on any atom is 0.255 e. The van der Waals surface area contributed by atoms with Gasteiger partial charge in [0.2, 0.25) is 5.78 Å². The zero-order valence-corrected chi connectivity index (χ0v) is 23.3. The summed E-state index contributed by atoms with van der Waals surface area (Å²) in [5.41, 5.74) is 5.24. The Bertz CT molecular complexity index is 1770. The van der Waals surface area contributed by atoms with Crippen LogP contribution in [-0.2, 0) is 27.3 Å². The fourth-order valence-electron chi connectivity index (χ4n) is 6.94. The van der Waals surface area contributed by atoms with Crippen LogP contribution in [0.5, 0.6) is 5.75 Å². The quantitative estimate of drug-likeness (QED) is 0.253. The summed E-state index contributed by atoms with van der Waals surface area (Å²) in [5.74, 6) is -6.43.